The van der Waals surface area contributed by atoms with Crippen LogP contribution in [0.2, 0.25) is 5.02 Å². The Morgan fingerprint density at radius 2 is 2.08 bits per heavy atom. The summed E-state index contributed by atoms with van der Waals surface area (Å²) in [6.07, 6.45) is 0. The molecule has 0 saturated carbocycles. The number of aryl methyl sites for hydroxylation is 1. The van der Waals surface area contributed by atoms with Crippen molar-refractivity contribution in [1.82, 2.24) is 10.6 Å². The number of nitrogens with one attached hydrogen (secondary N) is 3. The highest BCUT2D eigenvalue weighted by atomic mass is 35.5. The van der Waals surface area contributed by atoms with Crippen LogP contribution in [0, 0.1) is 18.7 Å². The van der Waals surface area contributed by atoms with Gasteiger partial charge < -0.3 is 16.0 Å². The van der Waals surface area contributed by atoms with Crippen molar-refractivity contribution in [1.29, 1.82) is 0 Å². The minimum absolute atomic E-state index is 0.0397. The van der Waals surface area contributed by atoms with E-state index in [1.54, 1.807) is 6.07 Å². The van der Waals surface area contributed by atoms with Gasteiger partial charge in [-0.05, 0) is 36.8 Å². The summed E-state index contributed by atoms with van der Waals surface area (Å²) in [5, 5.41) is 9.35. The van der Waals surface area contributed by atoms with Crippen molar-refractivity contribution in [3.63, 3.8) is 0 Å². The van der Waals surface area contributed by atoms with Crippen molar-refractivity contribution >= 4 is 39.8 Å². The number of carbonyl (C=O) groups is 2. The third kappa shape index (κ3) is 4.18. The maximum Gasteiger partial charge on any atom is 0.261 e. The van der Waals surface area contributed by atoms with E-state index in [2.05, 4.69) is 16.0 Å². The Hall–Kier alpha value is -1.96. The largest absolute Gasteiger partial charge is 0.351 e. The molecule has 0 radical (unpaired) electrons. The molecule has 0 spiro atoms. The van der Waals surface area contributed by atoms with Crippen LogP contribution in [0.25, 0.3) is 0 Å². The SMILES string of the molecule is Cc1cc(NC(=O)c2ccc(F)cc2Cl)sc1C(=O)NCC1CNC1. The summed E-state index contributed by atoms with van der Waals surface area (Å²) >= 11 is 7.10. The quantitative estimate of drug-likeness (QED) is 0.745. The van der Waals surface area contributed by atoms with Gasteiger partial charge in [-0.1, -0.05) is 11.6 Å². The molecule has 0 atom stereocenters. The van der Waals surface area contributed by atoms with Gasteiger partial charge in [0.15, 0.2) is 0 Å². The van der Waals surface area contributed by atoms with Gasteiger partial charge in [0.05, 0.1) is 20.5 Å². The van der Waals surface area contributed by atoms with Crippen molar-refractivity contribution < 1.29 is 14.0 Å². The molecule has 8 heteroatoms. The Bertz CT molecular complexity index is 820. The lowest BCUT2D eigenvalue weighted by atomic mass is 10.0. The molecule has 2 heterocycles. The third-order valence-electron chi connectivity index (χ3n) is 3.95. The maximum atomic E-state index is 13.1. The molecule has 1 fully saturated rings. The molecule has 0 aliphatic carbocycles. The second-order valence-corrected chi connectivity index (χ2v) is 7.39. The van der Waals surface area contributed by atoms with Gasteiger partial charge in [0, 0.05) is 25.6 Å². The first kappa shape index (κ1) is 17.8. The normalized spacial score (nSPS) is 14.0. The van der Waals surface area contributed by atoms with E-state index in [-0.39, 0.29) is 16.5 Å². The van der Waals surface area contributed by atoms with Crippen LogP contribution in [-0.4, -0.2) is 31.4 Å². The van der Waals surface area contributed by atoms with Crippen LogP contribution in [0.15, 0.2) is 24.3 Å². The van der Waals surface area contributed by atoms with Crippen molar-refractivity contribution in [2.45, 2.75) is 6.92 Å². The lowest BCUT2D eigenvalue weighted by Gasteiger charge is -2.26. The number of benzene rings is 1. The number of carbonyl (C=O) groups excluding carboxylic acids is 2. The number of thiophene rings is 1. The maximum absolute atomic E-state index is 13.1. The lowest BCUT2D eigenvalue weighted by Crippen LogP contribution is -2.48. The fourth-order valence-electron chi connectivity index (χ4n) is 2.43. The summed E-state index contributed by atoms with van der Waals surface area (Å²) in [4.78, 5) is 25.1. The summed E-state index contributed by atoms with van der Waals surface area (Å²) in [6, 6.07) is 5.33. The second kappa shape index (κ2) is 7.51. The summed E-state index contributed by atoms with van der Waals surface area (Å²) in [7, 11) is 0. The predicted octanol–water partition coefficient (Wildman–Crippen LogP) is 3.05. The average Bonchev–Trinajstić information content (AvgIpc) is 2.85. The Labute approximate surface area is 153 Å². The lowest BCUT2D eigenvalue weighted by molar-refractivity contribution is 0.0945. The van der Waals surface area contributed by atoms with E-state index in [1.807, 2.05) is 6.92 Å². The molecule has 3 N–H and O–H groups in total. The molecule has 0 unspecified atom stereocenters. The molecule has 1 aromatic heterocycles. The number of anilines is 1. The zero-order chi connectivity index (χ0) is 18.0. The Kier molecular flexibility index (Phi) is 5.36. The van der Waals surface area contributed by atoms with E-state index in [0.717, 1.165) is 24.7 Å². The van der Waals surface area contributed by atoms with Crippen molar-refractivity contribution in [3.8, 4) is 0 Å². The molecular weight excluding hydrogens is 365 g/mol. The summed E-state index contributed by atoms with van der Waals surface area (Å²) in [6.45, 7) is 4.29. The highest BCUT2D eigenvalue weighted by Gasteiger charge is 2.20. The highest BCUT2D eigenvalue weighted by molar-refractivity contribution is 7.18. The van der Waals surface area contributed by atoms with Crippen LogP contribution in [0.4, 0.5) is 9.39 Å². The molecule has 2 aromatic rings. The number of halogens is 2. The van der Waals surface area contributed by atoms with Gasteiger partial charge in [0.1, 0.15) is 5.82 Å². The van der Waals surface area contributed by atoms with Crippen molar-refractivity contribution in [2.24, 2.45) is 5.92 Å². The topological polar surface area (TPSA) is 70.2 Å². The number of hydrogen-bond acceptors (Lipinski definition) is 4. The van der Waals surface area contributed by atoms with Gasteiger partial charge in [-0.3, -0.25) is 9.59 Å². The molecule has 1 aliphatic rings. The summed E-state index contributed by atoms with van der Waals surface area (Å²) in [5.41, 5.74) is 0.965. The van der Waals surface area contributed by atoms with Gasteiger partial charge in [-0.2, -0.15) is 0 Å². The van der Waals surface area contributed by atoms with Crippen LogP contribution >= 0.6 is 22.9 Å². The molecule has 1 aromatic carbocycles. The van der Waals surface area contributed by atoms with Gasteiger partial charge in [-0.15, -0.1) is 11.3 Å². The molecule has 1 saturated heterocycles. The van der Waals surface area contributed by atoms with Crippen LogP contribution in [0.5, 0.6) is 0 Å². The van der Waals surface area contributed by atoms with E-state index in [0.29, 0.717) is 22.3 Å². The van der Waals surface area contributed by atoms with Crippen molar-refractivity contribution in [3.05, 3.63) is 51.1 Å². The first-order chi connectivity index (χ1) is 11.9. The van der Waals surface area contributed by atoms with E-state index < -0.39 is 11.7 Å². The Morgan fingerprint density at radius 3 is 2.72 bits per heavy atom. The fourth-order valence-corrected chi connectivity index (χ4v) is 3.67. The van der Waals surface area contributed by atoms with Crippen LogP contribution in [0.1, 0.15) is 25.6 Å². The Balaban J connectivity index is 1.66. The van der Waals surface area contributed by atoms with Gasteiger partial charge in [-0.25, -0.2) is 4.39 Å². The first-order valence-electron chi connectivity index (χ1n) is 7.80. The second-order valence-electron chi connectivity index (χ2n) is 5.94. The molecule has 1 aliphatic heterocycles. The molecule has 3 rings (SSSR count). The highest BCUT2D eigenvalue weighted by Crippen LogP contribution is 2.28. The predicted molar refractivity (Wildman–Crippen MR) is 97.1 cm³/mol. The number of hydrogen-bond donors (Lipinski definition) is 3. The van der Waals surface area contributed by atoms with Crippen LogP contribution in [-0.2, 0) is 0 Å². The fraction of sp³-hybridized carbons (Fsp3) is 0.294. The van der Waals surface area contributed by atoms with Gasteiger partial charge >= 0.3 is 0 Å². The van der Waals surface area contributed by atoms with Gasteiger partial charge in [0.2, 0.25) is 0 Å². The molecule has 2 amide bonds. The van der Waals surface area contributed by atoms with Crippen LogP contribution in [0.3, 0.4) is 0 Å². The number of rotatable bonds is 5. The third-order valence-corrected chi connectivity index (χ3v) is 5.42. The average molecular weight is 382 g/mol. The van der Waals surface area contributed by atoms with E-state index in [9.17, 15) is 14.0 Å². The van der Waals surface area contributed by atoms with E-state index in [1.165, 1.54) is 23.5 Å². The van der Waals surface area contributed by atoms with Gasteiger partial charge in [0.25, 0.3) is 11.8 Å². The molecular formula is C17H17ClFN3O2S. The van der Waals surface area contributed by atoms with E-state index >= 15 is 0 Å². The molecule has 132 valence electrons. The minimum Gasteiger partial charge on any atom is -0.351 e. The molecule has 5 nitrogen and oxygen atoms in total. The smallest absolute Gasteiger partial charge is 0.261 e. The minimum atomic E-state index is -0.505. The summed E-state index contributed by atoms with van der Waals surface area (Å²) < 4.78 is 13.1. The first-order valence-corrected chi connectivity index (χ1v) is 8.99. The molecule has 0 bridgehead atoms. The molecule has 25 heavy (non-hydrogen) atoms. The number of amides is 2. The Morgan fingerprint density at radius 1 is 1.32 bits per heavy atom. The van der Waals surface area contributed by atoms with Crippen LogP contribution < -0.4 is 16.0 Å². The zero-order valence-corrected chi connectivity index (χ0v) is 15.1. The summed E-state index contributed by atoms with van der Waals surface area (Å²) in [5.74, 6) is -0.619. The van der Waals surface area contributed by atoms with Crippen molar-refractivity contribution in [2.75, 3.05) is 25.0 Å². The zero-order valence-electron chi connectivity index (χ0n) is 13.5. The standard InChI is InChI=1S/C17H17ClFN3O2S/c1-9-4-14(22-16(23)12-3-2-11(19)5-13(12)18)25-15(9)17(24)21-8-10-6-20-7-10/h2-5,10,20H,6-8H2,1H3,(H,21,24)(H,22,23). The van der Waals surface area contributed by atoms with E-state index in [4.69, 9.17) is 11.6 Å². The monoisotopic (exact) mass is 381 g/mol.